The summed E-state index contributed by atoms with van der Waals surface area (Å²) < 4.78 is 0. The van der Waals surface area contributed by atoms with Crippen LogP contribution in [0.2, 0.25) is 0 Å². The molecule has 0 saturated heterocycles. The minimum atomic E-state index is 0.350. The van der Waals surface area contributed by atoms with E-state index in [1.807, 2.05) is 65.8 Å². The van der Waals surface area contributed by atoms with Crippen LogP contribution in [0.15, 0.2) is 30.3 Å². The lowest BCUT2D eigenvalue weighted by molar-refractivity contribution is 0.510. The van der Waals surface area contributed by atoms with Gasteiger partial charge < -0.3 is 5.11 Å². The number of allylic oxidation sites excluding steroid dienone is 1. The van der Waals surface area contributed by atoms with E-state index >= 15 is 0 Å². The van der Waals surface area contributed by atoms with Gasteiger partial charge in [-0.25, -0.2) is 0 Å². The Hall–Kier alpha value is -1.24. The van der Waals surface area contributed by atoms with Gasteiger partial charge in [-0.05, 0) is 25.5 Å². The van der Waals surface area contributed by atoms with E-state index in [0.717, 1.165) is 11.1 Å². The van der Waals surface area contributed by atoms with Crippen molar-refractivity contribution in [3.05, 3.63) is 41.5 Å². The summed E-state index contributed by atoms with van der Waals surface area (Å²) in [4.78, 5) is 0. The SMILES string of the molecule is C/C=C(/O)c1ccccc1C.CC.CC. The first-order valence-electron chi connectivity index (χ1n) is 5.67. The van der Waals surface area contributed by atoms with Crippen molar-refractivity contribution < 1.29 is 5.11 Å². The molecule has 0 aliphatic rings. The van der Waals surface area contributed by atoms with E-state index in [-0.39, 0.29) is 0 Å². The number of rotatable bonds is 1. The van der Waals surface area contributed by atoms with Crippen LogP contribution in [0.3, 0.4) is 0 Å². The molecule has 1 aromatic rings. The molecule has 0 spiro atoms. The van der Waals surface area contributed by atoms with Crippen LogP contribution in [0.1, 0.15) is 45.7 Å². The van der Waals surface area contributed by atoms with E-state index in [1.54, 1.807) is 6.08 Å². The van der Waals surface area contributed by atoms with E-state index in [2.05, 4.69) is 0 Å². The van der Waals surface area contributed by atoms with Gasteiger partial charge in [0.15, 0.2) is 0 Å². The van der Waals surface area contributed by atoms with Crippen molar-refractivity contribution in [3.8, 4) is 0 Å². The van der Waals surface area contributed by atoms with Gasteiger partial charge in [0.1, 0.15) is 5.76 Å². The minimum Gasteiger partial charge on any atom is -0.508 e. The lowest BCUT2D eigenvalue weighted by atomic mass is 10.1. The van der Waals surface area contributed by atoms with Gasteiger partial charge in [0.25, 0.3) is 0 Å². The van der Waals surface area contributed by atoms with Crippen molar-refractivity contribution in [1.82, 2.24) is 0 Å². The van der Waals surface area contributed by atoms with Gasteiger partial charge in [0, 0.05) is 5.56 Å². The van der Waals surface area contributed by atoms with Crippen molar-refractivity contribution in [1.29, 1.82) is 0 Å². The standard InChI is InChI=1S/C10H12O.2C2H6/c1-3-10(11)9-7-5-4-6-8(9)2;2*1-2/h3-7,11H,1-2H3;2*1-2H3/b10-3+;;. The number of aliphatic hydroxyl groups excluding tert-OH is 1. The second-order valence-electron chi connectivity index (χ2n) is 2.49. The smallest absolute Gasteiger partial charge is 0.118 e. The number of aryl methyl sites for hydroxylation is 1. The van der Waals surface area contributed by atoms with Crippen LogP contribution in [0.5, 0.6) is 0 Å². The third-order valence-corrected chi connectivity index (χ3v) is 1.69. The van der Waals surface area contributed by atoms with Crippen LogP contribution < -0.4 is 0 Å². The monoisotopic (exact) mass is 208 g/mol. The van der Waals surface area contributed by atoms with E-state index in [9.17, 15) is 5.11 Å². The fourth-order valence-corrected chi connectivity index (χ4v) is 1.02. The predicted octanol–water partition coefficient (Wildman–Crippen LogP) is 4.97. The summed E-state index contributed by atoms with van der Waals surface area (Å²) in [6.07, 6.45) is 1.70. The van der Waals surface area contributed by atoms with Gasteiger partial charge >= 0.3 is 0 Å². The summed E-state index contributed by atoms with van der Waals surface area (Å²) in [5, 5.41) is 9.37. The van der Waals surface area contributed by atoms with Gasteiger partial charge in [-0.2, -0.15) is 0 Å². The Morgan fingerprint density at radius 3 is 1.93 bits per heavy atom. The van der Waals surface area contributed by atoms with Crippen molar-refractivity contribution in [2.24, 2.45) is 0 Å². The zero-order valence-corrected chi connectivity index (χ0v) is 10.8. The summed E-state index contributed by atoms with van der Waals surface area (Å²) in [5.41, 5.74) is 2.01. The average molecular weight is 208 g/mol. The highest BCUT2D eigenvalue weighted by Gasteiger charge is 1.98. The molecule has 0 bridgehead atoms. The molecule has 1 rings (SSSR count). The summed E-state index contributed by atoms with van der Waals surface area (Å²) in [7, 11) is 0. The highest BCUT2D eigenvalue weighted by molar-refractivity contribution is 5.60. The van der Waals surface area contributed by atoms with E-state index in [1.165, 1.54) is 0 Å². The highest BCUT2D eigenvalue weighted by atomic mass is 16.3. The largest absolute Gasteiger partial charge is 0.508 e. The van der Waals surface area contributed by atoms with Crippen LogP contribution in [0.25, 0.3) is 5.76 Å². The number of hydrogen-bond donors (Lipinski definition) is 1. The molecule has 0 amide bonds. The molecule has 0 saturated carbocycles. The van der Waals surface area contributed by atoms with E-state index < -0.39 is 0 Å². The second kappa shape index (κ2) is 10.8. The average Bonchev–Trinajstić information content (AvgIpc) is 2.34. The fraction of sp³-hybridized carbons (Fsp3) is 0.429. The van der Waals surface area contributed by atoms with Crippen molar-refractivity contribution in [2.75, 3.05) is 0 Å². The third kappa shape index (κ3) is 5.95. The lowest BCUT2D eigenvalue weighted by Crippen LogP contribution is -1.85. The van der Waals surface area contributed by atoms with Gasteiger partial charge in [-0.3, -0.25) is 0 Å². The summed E-state index contributed by atoms with van der Waals surface area (Å²) >= 11 is 0. The first-order chi connectivity index (χ1) is 7.25. The van der Waals surface area contributed by atoms with Crippen molar-refractivity contribution in [2.45, 2.75) is 41.5 Å². The highest BCUT2D eigenvalue weighted by Crippen LogP contribution is 2.14. The number of hydrogen-bond acceptors (Lipinski definition) is 1. The molecule has 15 heavy (non-hydrogen) atoms. The van der Waals surface area contributed by atoms with Crippen LogP contribution in [-0.2, 0) is 0 Å². The molecule has 0 unspecified atom stereocenters. The maximum absolute atomic E-state index is 9.37. The van der Waals surface area contributed by atoms with Gasteiger partial charge in [-0.1, -0.05) is 52.0 Å². The van der Waals surface area contributed by atoms with E-state index in [4.69, 9.17) is 0 Å². The van der Waals surface area contributed by atoms with Crippen molar-refractivity contribution in [3.63, 3.8) is 0 Å². The number of benzene rings is 1. The van der Waals surface area contributed by atoms with E-state index in [0.29, 0.717) is 5.76 Å². The summed E-state index contributed by atoms with van der Waals surface area (Å²) in [6, 6.07) is 7.77. The predicted molar refractivity (Wildman–Crippen MR) is 70.2 cm³/mol. The zero-order chi connectivity index (χ0) is 12.3. The number of aliphatic hydroxyl groups is 1. The Bertz CT molecular complexity index is 274. The maximum atomic E-state index is 9.37. The zero-order valence-electron chi connectivity index (χ0n) is 10.8. The maximum Gasteiger partial charge on any atom is 0.118 e. The molecule has 0 aromatic heterocycles. The Balaban J connectivity index is 0. The molecule has 0 radical (unpaired) electrons. The second-order valence-corrected chi connectivity index (χ2v) is 2.49. The Labute approximate surface area is 94.5 Å². The van der Waals surface area contributed by atoms with Crippen LogP contribution in [0.4, 0.5) is 0 Å². The molecule has 86 valence electrons. The summed E-state index contributed by atoms with van der Waals surface area (Å²) in [6.45, 7) is 11.8. The topological polar surface area (TPSA) is 20.2 Å². The first kappa shape index (κ1) is 16.2. The molecular weight excluding hydrogens is 184 g/mol. The van der Waals surface area contributed by atoms with Crippen LogP contribution in [-0.4, -0.2) is 5.11 Å². The van der Waals surface area contributed by atoms with Gasteiger partial charge in [-0.15, -0.1) is 0 Å². The Kier molecular flexibility index (Phi) is 11.7. The molecule has 0 aliphatic heterocycles. The third-order valence-electron chi connectivity index (χ3n) is 1.69. The first-order valence-corrected chi connectivity index (χ1v) is 5.67. The molecule has 1 nitrogen and oxygen atoms in total. The Morgan fingerprint density at radius 2 is 1.53 bits per heavy atom. The molecule has 0 fully saturated rings. The molecular formula is C14H24O. The minimum absolute atomic E-state index is 0.350. The molecule has 1 aromatic carbocycles. The van der Waals surface area contributed by atoms with Crippen molar-refractivity contribution >= 4 is 5.76 Å². The molecule has 0 heterocycles. The summed E-state index contributed by atoms with van der Waals surface area (Å²) in [5.74, 6) is 0.350. The van der Waals surface area contributed by atoms with Gasteiger partial charge in [0.2, 0.25) is 0 Å². The lowest BCUT2D eigenvalue weighted by Gasteiger charge is -2.02. The van der Waals surface area contributed by atoms with Gasteiger partial charge in [0.05, 0.1) is 0 Å². The Morgan fingerprint density at radius 1 is 1.07 bits per heavy atom. The molecule has 0 aliphatic carbocycles. The quantitative estimate of drug-likeness (QED) is 0.646. The fourth-order valence-electron chi connectivity index (χ4n) is 1.02. The molecule has 1 heteroatoms. The molecule has 1 N–H and O–H groups in total. The van der Waals surface area contributed by atoms with Crippen LogP contribution in [0, 0.1) is 6.92 Å². The molecule has 0 atom stereocenters. The van der Waals surface area contributed by atoms with Crippen LogP contribution >= 0.6 is 0 Å². The normalized spacial score (nSPS) is 9.33.